The van der Waals surface area contributed by atoms with E-state index in [0.29, 0.717) is 24.3 Å². The summed E-state index contributed by atoms with van der Waals surface area (Å²) in [6, 6.07) is 11.6. The van der Waals surface area contributed by atoms with E-state index in [9.17, 15) is 18.4 Å². The number of halogens is 2. The molecule has 154 valence electrons. The first-order valence-electron chi connectivity index (χ1n) is 8.87. The van der Waals surface area contributed by atoms with Crippen molar-refractivity contribution in [2.24, 2.45) is 0 Å². The Labute approximate surface area is 166 Å². The number of benzene rings is 2. The molecule has 1 heterocycles. The molecule has 1 aliphatic heterocycles. The summed E-state index contributed by atoms with van der Waals surface area (Å²) >= 11 is 0. The van der Waals surface area contributed by atoms with Gasteiger partial charge in [0.15, 0.2) is 11.6 Å². The highest BCUT2D eigenvalue weighted by Crippen LogP contribution is 2.28. The molecule has 6 nitrogen and oxygen atoms in total. The number of nitrogens with one attached hydrogen (secondary N) is 1. The van der Waals surface area contributed by atoms with Crippen LogP contribution in [0.5, 0.6) is 0 Å². The maximum atomic E-state index is 14.0. The Bertz CT molecular complexity index is 863. The molecule has 8 heteroatoms. The molecule has 2 aromatic carbocycles. The minimum Gasteiger partial charge on any atom is -0.478 e. The molecule has 1 fully saturated rings. The number of carboxylic acid groups (broad SMARTS) is 2. The van der Waals surface area contributed by atoms with Gasteiger partial charge in [-0.3, -0.25) is 0 Å². The normalized spacial score (nSPS) is 15.7. The van der Waals surface area contributed by atoms with Crippen molar-refractivity contribution in [2.45, 2.75) is 19.1 Å². The molecule has 0 aromatic heterocycles. The first-order valence-corrected chi connectivity index (χ1v) is 8.87. The lowest BCUT2D eigenvalue weighted by molar-refractivity contribution is -0.134. The Morgan fingerprint density at radius 1 is 1.03 bits per heavy atom. The average Bonchev–Trinajstić information content (AvgIpc) is 3.21. The number of carboxylic acids is 2. The van der Waals surface area contributed by atoms with Crippen molar-refractivity contribution in [3.8, 4) is 11.1 Å². The van der Waals surface area contributed by atoms with E-state index in [1.807, 2.05) is 18.2 Å². The van der Waals surface area contributed by atoms with Crippen LogP contribution in [0.2, 0.25) is 0 Å². The Kier molecular flexibility index (Phi) is 8.45. The minimum absolute atomic E-state index is 0.190. The van der Waals surface area contributed by atoms with E-state index >= 15 is 0 Å². The largest absolute Gasteiger partial charge is 0.478 e. The van der Waals surface area contributed by atoms with Crippen LogP contribution in [0.1, 0.15) is 12.0 Å². The molecule has 0 aliphatic carbocycles. The van der Waals surface area contributed by atoms with E-state index in [2.05, 4.69) is 5.32 Å². The molecule has 2 aromatic rings. The van der Waals surface area contributed by atoms with Gasteiger partial charge in [-0.15, -0.1) is 0 Å². The molecule has 3 rings (SSSR count). The molecule has 0 amide bonds. The third-order valence-electron chi connectivity index (χ3n) is 4.12. The second kappa shape index (κ2) is 11.0. The third-order valence-corrected chi connectivity index (χ3v) is 4.12. The Morgan fingerprint density at radius 3 is 2.31 bits per heavy atom. The van der Waals surface area contributed by atoms with Crippen LogP contribution in [0.3, 0.4) is 0 Å². The van der Waals surface area contributed by atoms with Gasteiger partial charge >= 0.3 is 11.9 Å². The lowest BCUT2D eigenvalue weighted by Crippen LogP contribution is -2.16. The van der Waals surface area contributed by atoms with Crippen molar-refractivity contribution in [1.29, 1.82) is 0 Å². The van der Waals surface area contributed by atoms with Gasteiger partial charge in [0.1, 0.15) is 0 Å². The van der Waals surface area contributed by atoms with Gasteiger partial charge in [0.2, 0.25) is 0 Å². The first-order chi connectivity index (χ1) is 13.9. The number of aliphatic carboxylic acids is 2. The standard InChI is InChI=1S/C17H17F2NO.C4H4O4/c18-16-7-3-6-15(17(16)19)14-5-2-1-4-12(14)11-21-13-8-9-20-10-13;5-3(6)1-2-4(7)8/h1-7,13,20H,8-11H2;1-2H,(H,5,6)(H,7,8)/t13-;/m0./s1. The summed E-state index contributed by atoms with van der Waals surface area (Å²) in [6.45, 7) is 2.21. The Hall–Kier alpha value is -3.10. The van der Waals surface area contributed by atoms with E-state index < -0.39 is 23.6 Å². The van der Waals surface area contributed by atoms with Crippen LogP contribution in [0.15, 0.2) is 54.6 Å². The van der Waals surface area contributed by atoms with Crippen molar-refractivity contribution < 1.29 is 33.3 Å². The molecule has 0 unspecified atom stereocenters. The summed E-state index contributed by atoms with van der Waals surface area (Å²) in [5.41, 5.74) is 1.83. The molecule has 3 N–H and O–H groups in total. The second-order valence-corrected chi connectivity index (χ2v) is 6.19. The molecule has 0 radical (unpaired) electrons. The number of hydrogen-bond donors (Lipinski definition) is 3. The van der Waals surface area contributed by atoms with Crippen LogP contribution in [-0.4, -0.2) is 41.3 Å². The van der Waals surface area contributed by atoms with Crippen LogP contribution in [-0.2, 0) is 20.9 Å². The molecule has 0 saturated carbocycles. The summed E-state index contributed by atoms with van der Waals surface area (Å²) in [4.78, 5) is 19.1. The minimum atomic E-state index is -1.26. The van der Waals surface area contributed by atoms with E-state index in [1.165, 1.54) is 6.07 Å². The van der Waals surface area contributed by atoms with Crippen molar-refractivity contribution in [2.75, 3.05) is 13.1 Å². The summed E-state index contributed by atoms with van der Waals surface area (Å²) in [5, 5.41) is 18.9. The van der Waals surface area contributed by atoms with Gasteiger partial charge in [0, 0.05) is 24.3 Å². The number of rotatable bonds is 6. The molecular formula is C21H21F2NO5. The predicted molar refractivity (Wildman–Crippen MR) is 102 cm³/mol. The number of carbonyl (C=O) groups is 2. The first kappa shape index (κ1) is 22.2. The summed E-state index contributed by atoms with van der Waals surface area (Å²) in [5.74, 6) is -4.16. The summed E-state index contributed by atoms with van der Waals surface area (Å²) < 4.78 is 33.2. The highest BCUT2D eigenvalue weighted by atomic mass is 19.2. The topological polar surface area (TPSA) is 95.9 Å². The molecule has 0 spiro atoms. The van der Waals surface area contributed by atoms with Gasteiger partial charge < -0.3 is 20.3 Å². The SMILES string of the molecule is Fc1cccc(-c2ccccc2CO[C@H]2CCNC2)c1F.O=C(O)C=CC(=O)O. The zero-order valence-corrected chi connectivity index (χ0v) is 15.5. The van der Waals surface area contributed by atoms with E-state index in [4.69, 9.17) is 14.9 Å². The van der Waals surface area contributed by atoms with Gasteiger partial charge in [-0.25, -0.2) is 18.4 Å². The molecule has 1 atom stereocenters. The van der Waals surface area contributed by atoms with Crippen LogP contribution >= 0.6 is 0 Å². The van der Waals surface area contributed by atoms with Crippen LogP contribution in [0, 0.1) is 11.6 Å². The Morgan fingerprint density at radius 2 is 1.69 bits per heavy atom. The summed E-state index contributed by atoms with van der Waals surface area (Å²) in [6.07, 6.45) is 2.29. The lowest BCUT2D eigenvalue weighted by atomic mass is 9.99. The fraction of sp³-hybridized carbons (Fsp3) is 0.238. The van der Waals surface area contributed by atoms with Crippen molar-refractivity contribution in [3.05, 3.63) is 71.8 Å². The maximum Gasteiger partial charge on any atom is 0.328 e. The highest BCUT2D eigenvalue weighted by Gasteiger charge is 2.17. The molecule has 29 heavy (non-hydrogen) atoms. The van der Waals surface area contributed by atoms with Gasteiger partial charge in [0.25, 0.3) is 0 Å². The lowest BCUT2D eigenvalue weighted by Gasteiger charge is -2.14. The summed E-state index contributed by atoms with van der Waals surface area (Å²) in [7, 11) is 0. The molecular weight excluding hydrogens is 384 g/mol. The fourth-order valence-corrected chi connectivity index (χ4v) is 2.74. The van der Waals surface area contributed by atoms with Gasteiger partial charge in [0.05, 0.1) is 12.7 Å². The molecule has 1 saturated heterocycles. The molecule has 1 aliphatic rings. The number of hydrogen-bond acceptors (Lipinski definition) is 4. The monoisotopic (exact) mass is 405 g/mol. The average molecular weight is 405 g/mol. The zero-order chi connectivity index (χ0) is 21.2. The van der Waals surface area contributed by atoms with Crippen molar-refractivity contribution in [3.63, 3.8) is 0 Å². The second-order valence-electron chi connectivity index (χ2n) is 6.19. The van der Waals surface area contributed by atoms with Crippen molar-refractivity contribution >= 4 is 11.9 Å². The Balaban J connectivity index is 0.000000321. The maximum absolute atomic E-state index is 14.0. The van der Waals surface area contributed by atoms with Crippen LogP contribution in [0.4, 0.5) is 8.78 Å². The fourth-order valence-electron chi connectivity index (χ4n) is 2.74. The smallest absolute Gasteiger partial charge is 0.328 e. The van der Waals surface area contributed by atoms with Gasteiger partial charge in [-0.1, -0.05) is 36.4 Å². The predicted octanol–water partition coefficient (Wildman–Crippen LogP) is 3.22. The number of ether oxygens (including phenoxy) is 1. The molecule has 0 bridgehead atoms. The third kappa shape index (κ3) is 7.10. The van der Waals surface area contributed by atoms with Gasteiger partial charge in [-0.05, 0) is 30.2 Å². The van der Waals surface area contributed by atoms with Gasteiger partial charge in [-0.2, -0.15) is 0 Å². The quantitative estimate of drug-likeness (QED) is 0.639. The van der Waals surface area contributed by atoms with Crippen LogP contribution < -0.4 is 5.32 Å². The van der Waals surface area contributed by atoms with Crippen LogP contribution in [0.25, 0.3) is 11.1 Å². The van der Waals surface area contributed by atoms with E-state index in [-0.39, 0.29) is 11.7 Å². The van der Waals surface area contributed by atoms with Crippen molar-refractivity contribution in [1.82, 2.24) is 5.32 Å². The highest BCUT2D eigenvalue weighted by molar-refractivity contribution is 5.89. The zero-order valence-electron chi connectivity index (χ0n) is 15.5. The van der Waals surface area contributed by atoms with E-state index in [0.717, 1.165) is 31.1 Å². The van der Waals surface area contributed by atoms with E-state index in [1.54, 1.807) is 12.1 Å².